The molecule has 3 heteroatoms. The smallest absolute Gasteiger partial charge is 0.129 e. The number of rotatable bonds is 6. The average molecular weight is 288 g/mol. The van der Waals surface area contributed by atoms with Crippen molar-refractivity contribution in [2.45, 2.75) is 45.1 Å². The summed E-state index contributed by atoms with van der Waals surface area (Å²) in [6.07, 6.45) is 5.56. The number of unbranched alkanes of at least 4 members (excludes halogenated alkanes) is 3. The summed E-state index contributed by atoms with van der Waals surface area (Å²) in [7, 11) is 0. The van der Waals surface area contributed by atoms with Crippen LogP contribution in [-0.2, 0) is 0 Å². The zero-order valence-electron chi connectivity index (χ0n) is 9.68. The van der Waals surface area contributed by atoms with E-state index in [2.05, 4.69) is 22.9 Å². The second-order valence-electron chi connectivity index (χ2n) is 4.12. The summed E-state index contributed by atoms with van der Waals surface area (Å²) in [5, 5.41) is 0. The van der Waals surface area contributed by atoms with Crippen molar-refractivity contribution in [3.63, 3.8) is 0 Å². The van der Waals surface area contributed by atoms with E-state index in [4.69, 9.17) is 5.73 Å². The summed E-state index contributed by atoms with van der Waals surface area (Å²) in [4.78, 5) is 0. The molecule has 0 bridgehead atoms. The monoisotopic (exact) mass is 287 g/mol. The topological polar surface area (TPSA) is 26.0 Å². The maximum Gasteiger partial charge on any atom is 0.129 e. The number of nitrogens with two attached hydrogens (primary N) is 1. The van der Waals surface area contributed by atoms with Crippen LogP contribution < -0.4 is 5.73 Å². The molecule has 2 N–H and O–H groups in total. The highest BCUT2D eigenvalue weighted by molar-refractivity contribution is 9.10. The highest BCUT2D eigenvalue weighted by atomic mass is 79.9. The van der Waals surface area contributed by atoms with Crippen molar-refractivity contribution >= 4 is 15.9 Å². The highest BCUT2D eigenvalue weighted by Gasteiger charge is 2.10. The van der Waals surface area contributed by atoms with Crippen molar-refractivity contribution in [2.75, 3.05) is 0 Å². The van der Waals surface area contributed by atoms with Gasteiger partial charge in [-0.3, -0.25) is 0 Å². The van der Waals surface area contributed by atoms with Crippen LogP contribution in [0.25, 0.3) is 0 Å². The third kappa shape index (κ3) is 4.22. The summed E-state index contributed by atoms with van der Waals surface area (Å²) in [6, 6.07) is 4.90. The van der Waals surface area contributed by atoms with Crippen LogP contribution in [0.3, 0.4) is 0 Å². The summed E-state index contributed by atoms with van der Waals surface area (Å²) >= 11 is 3.24. The minimum atomic E-state index is -0.211. The summed E-state index contributed by atoms with van der Waals surface area (Å²) in [5.74, 6) is -0.211. The Morgan fingerprint density at radius 2 is 2.06 bits per heavy atom. The van der Waals surface area contributed by atoms with Gasteiger partial charge < -0.3 is 5.73 Å². The Morgan fingerprint density at radius 1 is 1.31 bits per heavy atom. The van der Waals surface area contributed by atoms with Gasteiger partial charge in [0.25, 0.3) is 0 Å². The number of benzene rings is 1. The van der Waals surface area contributed by atoms with Gasteiger partial charge in [0.05, 0.1) is 0 Å². The molecule has 0 radical (unpaired) electrons. The Morgan fingerprint density at radius 3 is 2.69 bits per heavy atom. The van der Waals surface area contributed by atoms with Gasteiger partial charge in [0, 0.05) is 16.1 Å². The summed E-state index contributed by atoms with van der Waals surface area (Å²) in [6.45, 7) is 2.17. The van der Waals surface area contributed by atoms with Crippen molar-refractivity contribution < 1.29 is 4.39 Å². The summed E-state index contributed by atoms with van der Waals surface area (Å²) < 4.78 is 14.3. The Labute approximate surface area is 105 Å². The zero-order valence-corrected chi connectivity index (χ0v) is 11.3. The van der Waals surface area contributed by atoms with Crippen molar-refractivity contribution in [3.8, 4) is 0 Å². The average Bonchev–Trinajstić information content (AvgIpc) is 2.24. The second-order valence-corrected chi connectivity index (χ2v) is 5.04. The molecule has 0 aromatic heterocycles. The molecule has 0 amide bonds. The second kappa shape index (κ2) is 7.02. The highest BCUT2D eigenvalue weighted by Crippen LogP contribution is 2.23. The number of hydrogen-bond acceptors (Lipinski definition) is 1. The zero-order chi connectivity index (χ0) is 12.0. The maximum absolute atomic E-state index is 13.6. The Bertz CT molecular complexity index is 328. The van der Waals surface area contributed by atoms with Crippen LogP contribution in [0.5, 0.6) is 0 Å². The lowest BCUT2D eigenvalue weighted by atomic mass is 10.0. The molecule has 1 aromatic carbocycles. The van der Waals surface area contributed by atoms with Crippen molar-refractivity contribution in [1.82, 2.24) is 0 Å². The van der Waals surface area contributed by atoms with Gasteiger partial charge in [0.1, 0.15) is 5.82 Å². The van der Waals surface area contributed by atoms with E-state index in [9.17, 15) is 4.39 Å². The molecule has 1 rings (SSSR count). The van der Waals surface area contributed by atoms with Crippen LogP contribution in [0.2, 0.25) is 0 Å². The molecule has 90 valence electrons. The van der Waals surface area contributed by atoms with Crippen molar-refractivity contribution in [3.05, 3.63) is 34.1 Å². The van der Waals surface area contributed by atoms with E-state index in [1.807, 2.05) is 6.07 Å². The molecule has 0 aliphatic rings. The van der Waals surface area contributed by atoms with Crippen LogP contribution >= 0.6 is 15.9 Å². The first-order valence-corrected chi connectivity index (χ1v) is 6.65. The predicted octanol–water partition coefficient (Wildman–Crippen LogP) is 4.56. The SMILES string of the molecule is CCCCCCC(N)c1ccc(Br)cc1F. The van der Waals surface area contributed by atoms with Crippen LogP contribution in [0.15, 0.2) is 22.7 Å². The third-order valence-corrected chi connectivity index (χ3v) is 3.22. The maximum atomic E-state index is 13.6. The predicted molar refractivity (Wildman–Crippen MR) is 69.8 cm³/mol. The fraction of sp³-hybridized carbons (Fsp3) is 0.538. The third-order valence-electron chi connectivity index (χ3n) is 2.73. The first-order valence-electron chi connectivity index (χ1n) is 5.85. The molecule has 0 saturated carbocycles. The Kier molecular flexibility index (Phi) is 5.99. The molecule has 0 aliphatic carbocycles. The molecule has 0 fully saturated rings. The quantitative estimate of drug-likeness (QED) is 0.763. The molecule has 16 heavy (non-hydrogen) atoms. The Balaban J connectivity index is 2.49. The van der Waals surface area contributed by atoms with Gasteiger partial charge in [-0.15, -0.1) is 0 Å². The van der Waals surface area contributed by atoms with Crippen LogP contribution in [0, 0.1) is 5.82 Å². The van der Waals surface area contributed by atoms with Gasteiger partial charge in [0.2, 0.25) is 0 Å². The van der Waals surface area contributed by atoms with E-state index < -0.39 is 0 Å². The number of hydrogen-bond donors (Lipinski definition) is 1. The normalized spacial score (nSPS) is 12.8. The van der Waals surface area contributed by atoms with Gasteiger partial charge in [-0.1, -0.05) is 54.6 Å². The van der Waals surface area contributed by atoms with E-state index >= 15 is 0 Å². The van der Waals surface area contributed by atoms with Crippen LogP contribution in [0.1, 0.15) is 50.6 Å². The molecule has 0 aliphatic heterocycles. The lowest BCUT2D eigenvalue weighted by Gasteiger charge is -2.12. The Hall–Kier alpha value is -0.410. The minimum absolute atomic E-state index is 0.176. The van der Waals surface area contributed by atoms with Gasteiger partial charge in [-0.25, -0.2) is 4.39 Å². The largest absolute Gasteiger partial charge is 0.324 e. The van der Waals surface area contributed by atoms with E-state index in [1.165, 1.54) is 25.3 Å². The molecule has 0 spiro atoms. The van der Waals surface area contributed by atoms with Crippen LogP contribution in [0.4, 0.5) is 4.39 Å². The first-order chi connectivity index (χ1) is 7.65. The lowest BCUT2D eigenvalue weighted by Crippen LogP contribution is -2.12. The molecular formula is C13H19BrFN. The molecule has 0 heterocycles. The van der Waals surface area contributed by atoms with E-state index in [0.29, 0.717) is 5.56 Å². The van der Waals surface area contributed by atoms with Crippen molar-refractivity contribution in [1.29, 1.82) is 0 Å². The molecule has 1 atom stereocenters. The molecule has 0 saturated heterocycles. The van der Waals surface area contributed by atoms with Gasteiger partial charge in [-0.05, 0) is 18.6 Å². The van der Waals surface area contributed by atoms with E-state index in [1.54, 1.807) is 6.07 Å². The van der Waals surface area contributed by atoms with Gasteiger partial charge in [0.15, 0.2) is 0 Å². The van der Waals surface area contributed by atoms with Gasteiger partial charge in [-0.2, -0.15) is 0 Å². The fourth-order valence-corrected chi connectivity index (χ4v) is 2.08. The summed E-state index contributed by atoms with van der Waals surface area (Å²) in [5.41, 5.74) is 6.60. The minimum Gasteiger partial charge on any atom is -0.324 e. The van der Waals surface area contributed by atoms with Crippen LogP contribution in [-0.4, -0.2) is 0 Å². The van der Waals surface area contributed by atoms with Crippen molar-refractivity contribution in [2.24, 2.45) is 5.73 Å². The van der Waals surface area contributed by atoms with Gasteiger partial charge >= 0.3 is 0 Å². The molecule has 1 aromatic rings. The molecule has 1 nitrogen and oxygen atoms in total. The molecule has 1 unspecified atom stereocenters. The fourth-order valence-electron chi connectivity index (χ4n) is 1.75. The number of halogens is 2. The standard InChI is InChI=1S/C13H19BrFN/c1-2-3-4-5-6-13(16)11-8-7-10(14)9-12(11)15/h7-9,13H,2-6,16H2,1H3. The van der Waals surface area contributed by atoms with E-state index in [0.717, 1.165) is 17.3 Å². The van der Waals surface area contributed by atoms with E-state index in [-0.39, 0.29) is 11.9 Å². The lowest BCUT2D eigenvalue weighted by molar-refractivity contribution is 0.531. The first kappa shape index (κ1) is 13.7. The molecular weight excluding hydrogens is 269 g/mol.